The van der Waals surface area contributed by atoms with Crippen molar-refractivity contribution in [2.75, 3.05) is 6.54 Å². The van der Waals surface area contributed by atoms with Crippen LogP contribution in [0, 0.1) is 11.2 Å². The highest BCUT2D eigenvalue weighted by atomic mass is 79.9. The molecule has 0 aromatic heterocycles. The second-order valence-corrected chi connectivity index (χ2v) is 13.3. The summed E-state index contributed by atoms with van der Waals surface area (Å²) in [5.74, 6) is -0.325. The first kappa shape index (κ1) is 23.8. The first-order valence-electron chi connectivity index (χ1n) is 10.3. The maximum Gasteiger partial charge on any atom is 0.410 e. The molecular formula is C22H32BrFN2O3S. The summed E-state index contributed by atoms with van der Waals surface area (Å²) in [7, 11) is 0. The topological polar surface area (TPSA) is 64.6 Å². The molecule has 0 bridgehead atoms. The van der Waals surface area contributed by atoms with Gasteiger partial charge in [-0.25, -0.2) is 9.18 Å². The monoisotopic (exact) mass is 502 g/mol. The number of carbonyl (C=O) groups is 1. The van der Waals surface area contributed by atoms with Crippen molar-refractivity contribution in [2.24, 2.45) is 5.41 Å². The van der Waals surface area contributed by atoms with Gasteiger partial charge in [0.2, 0.25) is 0 Å². The lowest BCUT2D eigenvalue weighted by Crippen LogP contribution is -2.53. The van der Waals surface area contributed by atoms with E-state index in [4.69, 9.17) is 4.74 Å². The van der Waals surface area contributed by atoms with Gasteiger partial charge in [0, 0.05) is 23.3 Å². The Labute approximate surface area is 190 Å². The number of halogens is 2. The van der Waals surface area contributed by atoms with Crippen LogP contribution >= 0.6 is 15.9 Å². The number of amides is 1. The second-order valence-electron chi connectivity index (χ2n) is 10.4. The van der Waals surface area contributed by atoms with E-state index in [1.807, 2.05) is 41.5 Å². The normalized spacial score (nSPS) is 24.2. The summed E-state index contributed by atoms with van der Waals surface area (Å²) in [6.07, 6.45) is 1.82. The van der Waals surface area contributed by atoms with Crippen LogP contribution in [0.3, 0.4) is 0 Å². The summed E-state index contributed by atoms with van der Waals surface area (Å²) in [6.45, 7) is 11.8. The molecule has 1 aromatic rings. The zero-order chi connectivity index (χ0) is 22.5. The molecule has 2 fully saturated rings. The first-order chi connectivity index (χ1) is 13.7. The van der Waals surface area contributed by atoms with Crippen molar-refractivity contribution in [3.05, 3.63) is 34.1 Å². The van der Waals surface area contributed by atoms with Gasteiger partial charge < -0.3 is 14.2 Å². The number of hydrogen-bond acceptors (Lipinski definition) is 4. The van der Waals surface area contributed by atoms with Gasteiger partial charge >= 0.3 is 6.09 Å². The van der Waals surface area contributed by atoms with Gasteiger partial charge in [-0.1, -0.05) is 12.1 Å². The first-order valence-corrected chi connectivity index (χ1v) is 12.3. The van der Waals surface area contributed by atoms with Crippen LogP contribution in [-0.2, 0) is 22.5 Å². The average Bonchev–Trinajstić information content (AvgIpc) is 3.31. The van der Waals surface area contributed by atoms with E-state index in [0.717, 1.165) is 12.8 Å². The summed E-state index contributed by atoms with van der Waals surface area (Å²) in [5, 5.41) is 0. The molecule has 1 aromatic carbocycles. The SMILES string of the molecule is CC(C)(C)OC(=O)N1CC2(CC2)[C@@H](N[S+]([O-])C(C)(C)C)[C@H]1Cc1cccc(Br)c1F. The summed E-state index contributed by atoms with van der Waals surface area (Å²) in [4.78, 5) is 14.8. The maximum absolute atomic E-state index is 14.8. The minimum absolute atomic E-state index is 0.134. The van der Waals surface area contributed by atoms with E-state index in [9.17, 15) is 13.7 Å². The van der Waals surface area contributed by atoms with Gasteiger partial charge in [-0.3, -0.25) is 0 Å². The highest BCUT2D eigenvalue weighted by Crippen LogP contribution is 2.56. The van der Waals surface area contributed by atoms with Crippen LogP contribution in [0.25, 0.3) is 0 Å². The zero-order valence-corrected chi connectivity index (χ0v) is 21.0. The molecule has 3 rings (SSSR count). The van der Waals surface area contributed by atoms with Crippen LogP contribution in [0.4, 0.5) is 9.18 Å². The number of likely N-dealkylation sites (tertiary alicyclic amines) is 1. The predicted octanol–water partition coefficient (Wildman–Crippen LogP) is 4.95. The third kappa shape index (κ3) is 5.14. The van der Waals surface area contributed by atoms with E-state index in [1.165, 1.54) is 0 Å². The third-order valence-corrected chi connectivity index (χ3v) is 7.89. The molecule has 1 N–H and O–H groups in total. The number of carbonyl (C=O) groups excluding carboxylic acids is 1. The highest BCUT2D eigenvalue weighted by molar-refractivity contribution is 9.10. The van der Waals surface area contributed by atoms with Gasteiger partial charge in [0.25, 0.3) is 0 Å². The van der Waals surface area contributed by atoms with Crippen LogP contribution in [0.15, 0.2) is 22.7 Å². The molecule has 5 nitrogen and oxygen atoms in total. The second kappa shape index (κ2) is 8.26. The Hall–Kier alpha value is -0.830. The number of hydrogen-bond donors (Lipinski definition) is 1. The van der Waals surface area contributed by atoms with Crippen molar-refractivity contribution in [1.82, 2.24) is 9.62 Å². The molecule has 1 aliphatic carbocycles. The Morgan fingerprint density at radius 1 is 1.33 bits per heavy atom. The van der Waals surface area contributed by atoms with Crippen molar-refractivity contribution in [3.8, 4) is 0 Å². The van der Waals surface area contributed by atoms with E-state index >= 15 is 0 Å². The van der Waals surface area contributed by atoms with Gasteiger partial charge in [-0.05, 0) is 88.4 Å². The fourth-order valence-electron chi connectivity index (χ4n) is 3.95. The number of nitrogens with zero attached hydrogens (tertiary/aromatic N) is 1. The number of ether oxygens (including phenoxy) is 1. The van der Waals surface area contributed by atoms with E-state index < -0.39 is 27.8 Å². The van der Waals surface area contributed by atoms with Crippen molar-refractivity contribution in [3.63, 3.8) is 0 Å². The van der Waals surface area contributed by atoms with Crippen molar-refractivity contribution in [1.29, 1.82) is 0 Å². The fraction of sp³-hybridized carbons (Fsp3) is 0.682. The highest BCUT2D eigenvalue weighted by Gasteiger charge is 2.62. The molecule has 168 valence electrons. The third-order valence-electron chi connectivity index (χ3n) is 5.70. The van der Waals surface area contributed by atoms with Crippen LogP contribution in [0.5, 0.6) is 0 Å². The van der Waals surface area contributed by atoms with E-state index in [1.54, 1.807) is 23.1 Å². The Morgan fingerprint density at radius 3 is 2.50 bits per heavy atom. The van der Waals surface area contributed by atoms with Crippen LogP contribution in [0.2, 0.25) is 0 Å². The molecule has 1 spiro atoms. The van der Waals surface area contributed by atoms with E-state index in [0.29, 0.717) is 23.0 Å². The largest absolute Gasteiger partial charge is 0.598 e. The molecule has 8 heteroatoms. The Balaban J connectivity index is 1.94. The summed E-state index contributed by atoms with van der Waals surface area (Å²) >= 11 is 1.95. The summed E-state index contributed by atoms with van der Waals surface area (Å²) < 4.78 is 36.7. The molecular weight excluding hydrogens is 471 g/mol. The quantitative estimate of drug-likeness (QED) is 0.591. The molecule has 2 aliphatic rings. The number of benzene rings is 1. The lowest BCUT2D eigenvalue weighted by molar-refractivity contribution is 0.0213. The van der Waals surface area contributed by atoms with E-state index in [2.05, 4.69) is 20.7 Å². The fourth-order valence-corrected chi connectivity index (χ4v) is 5.35. The molecule has 30 heavy (non-hydrogen) atoms. The Bertz CT molecular complexity index is 805. The zero-order valence-electron chi connectivity index (χ0n) is 18.6. The standard InChI is InChI=1S/C22H32BrFN2O3S/c1-20(2,3)29-19(27)26-13-22(10-11-22)18(25-30(28)21(4,5)6)16(26)12-14-8-7-9-15(23)17(14)24/h7-9,16,18,25H,10-13H2,1-6H3/t16-,18+,30?/m1/s1. The average molecular weight is 503 g/mol. The predicted molar refractivity (Wildman–Crippen MR) is 121 cm³/mol. The molecule has 1 amide bonds. The number of rotatable bonds is 4. The molecule has 1 saturated heterocycles. The lowest BCUT2D eigenvalue weighted by Gasteiger charge is -2.33. The Morgan fingerprint density at radius 2 is 1.97 bits per heavy atom. The molecule has 1 aliphatic heterocycles. The Kier molecular flexibility index (Phi) is 6.56. The van der Waals surface area contributed by atoms with Gasteiger partial charge in [-0.15, -0.1) is 4.72 Å². The van der Waals surface area contributed by atoms with Gasteiger partial charge in [0.1, 0.15) is 16.2 Å². The summed E-state index contributed by atoms with van der Waals surface area (Å²) in [6, 6.07) is 4.65. The van der Waals surface area contributed by atoms with Crippen molar-refractivity contribution < 1.29 is 18.5 Å². The molecule has 1 heterocycles. The minimum atomic E-state index is -1.30. The van der Waals surface area contributed by atoms with Crippen molar-refractivity contribution >= 4 is 33.4 Å². The molecule has 1 unspecified atom stereocenters. The lowest BCUT2D eigenvalue weighted by atomic mass is 9.92. The van der Waals surface area contributed by atoms with Crippen LogP contribution < -0.4 is 4.72 Å². The molecule has 0 radical (unpaired) electrons. The maximum atomic E-state index is 14.8. The molecule has 1 saturated carbocycles. The molecule has 3 atom stereocenters. The van der Waals surface area contributed by atoms with Crippen LogP contribution in [0.1, 0.15) is 59.9 Å². The number of nitrogens with one attached hydrogen (secondary N) is 1. The summed E-state index contributed by atoms with van der Waals surface area (Å²) in [5.41, 5.74) is -0.238. The van der Waals surface area contributed by atoms with E-state index in [-0.39, 0.29) is 23.3 Å². The van der Waals surface area contributed by atoms with Crippen LogP contribution in [-0.4, -0.2) is 44.5 Å². The van der Waals surface area contributed by atoms with Gasteiger partial charge in [0.05, 0.1) is 16.6 Å². The van der Waals surface area contributed by atoms with Crippen molar-refractivity contribution in [2.45, 2.75) is 83.2 Å². The van der Waals surface area contributed by atoms with Gasteiger partial charge in [-0.2, -0.15) is 0 Å². The van der Waals surface area contributed by atoms with Gasteiger partial charge in [0.15, 0.2) is 0 Å². The minimum Gasteiger partial charge on any atom is -0.598 e. The smallest absolute Gasteiger partial charge is 0.410 e.